The number of para-hydroxylation sites is 1. The van der Waals surface area contributed by atoms with Crippen LogP contribution in [0.5, 0.6) is 5.75 Å². The molecule has 0 fully saturated rings. The van der Waals surface area contributed by atoms with E-state index in [1.165, 1.54) is 22.2 Å². The van der Waals surface area contributed by atoms with E-state index in [-0.39, 0.29) is 10.7 Å². The van der Waals surface area contributed by atoms with E-state index in [4.69, 9.17) is 16.3 Å². The molecule has 0 aliphatic carbocycles. The monoisotopic (exact) mass is 450 g/mol. The molecule has 154 valence electrons. The van der Waals surface area contributed by atoms with Crippen molar-refractivity contribution >= 4 is 40.8 Å². The van der Waals surface area contributed by atoms with Gasteiger partial charge in [-0.2, -0.15) is 14.9 Å². The molecule has 0 bridgehead atoms. The first-order valence-electron chi connectivity index (χ1n) is 9.10. The Morgan fingerprint density at radius 1 is 1.10 bits per heavy atom. The van der Waals surface area contributed by atoms with Crippen LogP contribution in [-0.4, -0.2) is 22.0 Å². The summed E-state index contributed by atoms with van der Waals surface area (Å²) in [6, 6.07) is 19.3. The highest BCUT2D eigenvalue weighted by Gasteiger charge is 2.10. The fourth-order valence-electron chi connectivity index (χ4n) is 2.61. The number of esters is 1. The summed E-state index contributed by atoms with van der Waals surface area (Å²) in [4.78, 5) is 25.0. The zero-order chi connectivity index (χ0) is 21.6. The molecular formula is C22H15ClN4O3S. The van der Waals surface area contributed by atoms with Crippen molar-refractivity contribution in [1.82, 2.24) is 9.78 Å². The average Bonchev–Trinajstić information content (AvgIpc) is 3.34. The zero-order valence-corrected chi connectivity index (χ0v) is 17.5. The van der Waals surface area contributed by atoms with Crippen molar-refractivity contribution in [3.63, 3.8) is 0 Å². The molecule has 0 spiro atoms. The summed E-state index contributed by atoms with van der Waals surface area (Å²) in [6.45, 7) is 0. The summed E-state index contributed by atoms with van der Waals surface area (Å²) in [5.74, 6) is 0.0331. The summed E-state index contributed by atoms with van der Waals surface area (Å²) < 4.78 is 6.53. The van der Waals surface area contributed by atoms with Crippen LogP contribution in [-0.2, 0) is 0 Å². The fourth-order valence-corrected chi connectivity index (χ4v) is 3.38. The van der Waals surface area contributed by atoms with Crippen molar-refractivity contribution < 1.29 is 9.53 Å². The molecule has 9 heteroatoms. The molecule has 0 radical (unpaired) electrons. The number of ether oxygens (including phenoxy) is 1. The summed E-state index contributed by atoms with van der Waals surface area (Å²) in [5.41, 5.74) is 3.93. The third-order valence-electron chi connectivity index (χ3n) is 4.13. The molecule has 0 aliphatic heterocycles. The molecule has 2 aromatic carbocycles. The van der Waals surface area contributed by atoms with Crippen LogP contribution in [0, 0.1) is 0 Å². The molecule has 4 aromatic rings. The molecule has 0 aliphatic rings. The number of thiophene rings is 1. The van der Waals surface area contributed by atoms with Gasteiger partial charge in [-0.1, -0.05) is 35.9 Å². The standard InChI is InChI=1S/C22H15ClN4O3S/c23-20-18(14-25-27(21(20)28)16-5-2-1-3-6-16)26-24-13-15-8-10-17(11-9-15)30-22(29)19-7-4-12-31-19/h1-14,26H/b24-13-. The Morgan fingerprint density at radius 2 is 1.87 bits per heavy atom. The van der Waals surface area contributed by atoms with Gasteiger partial charge >= 0.3 is 5.97 Å². The Kier molecular flexibility index (Phi) is 6.21. The second-order valence-corrected chi connectivity index (χ2v) is 7.56. The number of hydrogen-bond donors (Lipinski definition) is 1. The highest BCUT2D eigenvalue weighted by atomic mass is 35.5. The number of hydrazone groups is 1. The Bertz CT molecular complexity index is 1270. The first-order chi connectivity index (χ1) is 15.1. The highest BCUT2D eigenvalue weighted by Crippen LogP contribution is 2.18. The van der Waals surface area contributed by atoms with E-state index in [9.17, 15) is 9.59 Å². The van der Waals surface area contributed by atoms with E-state index < -0.39 is 11.5 Å². The Balaban J connectivity index is 1.41. The van der Waals surface area contributed by atoms with Crippen LogP contribution < -0.4 is 15.7 Å². The average molecular weight is 451 g/mol. The summed E-state index contributed by atoms with van der Waals surface area (Å²) in [6.07, 6.45) is 2.98. The maximum atomic E-state index is 12.5. The number of nitrogens with zero attached hydrogens (tertiary/aromatic N) is 3. The van der Waals surface area contributed by atoms with Gasteiger partial charge in [0.1, 0.15) is 21.3 Å². The smallest absolute Gasteiger partial charge is 0.353 e. The van der Waals surface area contributed by atoms with Crippen LogP contribution in [0.25, 0.3) is 5.69 Å². The number of carbonyl (C=O) groups is 1. The van der Waals surface area contributed by atoms with Crippen LogP contribution in [0.2, 0.25) is 5.02 Å². The van der Waals surface area contributed by atoms with Crippen molar-refractivity contribution in [1.29, 1.82) is 0 Å². The lowest BCUT2D eigenvalue weighted by molar-refractivity contribution is 0.0740. The van der Waals surface area contributed by atoms with Gasteiger partial charge in [-0.15, -0.1) is 11.3 Å². The highest BCUT2D eigenvalue weighted by molar-refractivity contribution is 7.12. The van der Waals surface area contributed by atoms with Crippen LogP contribution in [0.15, 0.2) is 88.2 Å². The van der Waals surface area contributed by atoms with Crippen LogP contribution in [0.4, 0.5) is 5.69 Å². The summed E-state index contributed by atoms with van der Waals surface area (Å²) in [5, 5.41) is 10.0. The largest absolute Gasteiger partial charge is 0.422 e. The van der Waals surface area contributed by atoms with Gasteiger partial charge in [-0.05, 0) is 53.4 Å². The van der Waals surface area contributed by atoms with Gasteiger partial charge in [0.2, 0.25) is 0 Å². The maximum absolute atomic E-state index is 12.5. The van der Waals surface area contributed by atoms with Crippen molar-refractivity contribution in [3.8, 4) is 11.4 Å². The van der Waals surface area contributed by atoms with Crippen LogP contribution in [0.1, 0.15) is 15.2 Å². The van der Waals surface area contributed by atoms with Gasteiger partial charge in [0.15, 0.2) is 0 Å². The van der Waals surface area contributed by atoms with Gasteiger partial charge in [-0.25, -0.2) is 4.79 Å². The zero-order valence-electron chi connectivity index (χ0n) is 15.9. The number of rotatable bonds is 6. The number of hydrogen-bond acceptors (Lipinski definition) is 7. The predicted molar refractivity (Wildman–Crippen MR) is 122 cm³/mol. The van der Waals surface area contributed by atoms with Gasteiger partial charge in [0.05, 0.1) is 18.1 Å². The summed E-state index contributed by atoms with van der Waals surface area (Å²) in [7, 11) is 0. The fraction of sp³-hybridized carbons (Fsp3) is 0. The second kappa shape index (κ2) is 9.38. The number of halogens is 1. The predicted octanol–water partition coefficient (Wildman–Crippen LogP) is 4.61. The van der Waals surface area contributed by atoms with Gasteiger partial charge in [-0.3, -0.25) is 10.2 Å². The number of nitrogens with one attached hydrogen (secondary N) is 1. The minimum atomic E-state index is -0.454. The molecule has 0 unspecified atom stereocenters. The second-order valence-electron chi connectivity index (χ2n) is 6.23. The van der Waals surface area contributed by atoms with Gasteiger partial charge in [0.25, 0.3) is 5.56 Å². The molecule has 0 saturated carbocycles. The molecule has 1 N–H and O–H groups in total. The molecule has 4 rings (SSSR count). The molecule has 0 saturated heterocycles. The quantitative estimate of drug-likeness (QED) is 0.200. The van der Waals surface area contributed by atoms with E-state index in [1.54, 1.807) is 54.7 Å². The molecule has 2 aromatic heterocycles. The SMILES string of the molecule is O=C(Oc1ccc(/C=N\Nc2cnn(-c3ccccc3)c(=O)c2Cl)cc1)c1cccs1. The van der Waals surface area contributed by atoms with Gasteiger partial charge < -0.3 is 4.74 Å². The molecule has 0 amide bonds. The Morgan fingerprint density at radius 3 is 2.58 bits per heavy atom. The van der Waals surface area contributed by atoms with E-state index in [2.05, 4.69) is 15.6 Å². The third kappa shape index (κ3) is 4.88. The Hall–Kier alpha value is -3.75. The van der Waals surface area contributed by atoms with Gasteiger partial charge in [0, 0.05) is 0 Å². The topological polar surface area (TPSA) is 85.6 Å². The molecule has 2 heterocycles. The van der Waals surface area contributed by atoms with Crippen molar-refractivity contribution in [3.05, 3.63) is 104 Å². The van der Waals surface area contributed by atoms with E-state index in [0.717, 1.165) is 5.56 Å². The molecule has 31 heavy (non-hydrogen) atoms. The van der Waals surface area contributed by atoms with E-state index >= 15 is 0 Å². The number of carbonyl (C=O) groups excluding carboxylic acids is 1. The first-order valence-corrected chi connectivity index (χ1v) is 10.4. The number of anilines is 1. The maximum Gasteiger partial charge on any atom is 0.353 e. The van der Waals surface area contributed by atoms with Crippen LogP contribution in [0.3, 0.4) is 0 Å². The minimum Gasteiger partial charge on any atom is -0.422 e. The van der Waals surface area contributed by atoms with Crippen LogP contribution >= 0.6 is 22.9 Å². The lowest BCUT2D eigenvalue weighted by Crippen LogP contribution is -2.22. The summed E-state index contributed by atoms with van der Waals surface area (Å²) >= 11 is 7.50. The molecular weight excluding hydrogens is 436 g/mol. The Labute approximate surface area is 186 Å². The lowest BCUT2D eigenvalue weighted by Gasteiger charge is -2.07. The third-order valence-corrected chi connectivity index (χ3v) is 5.35. The van der Waals surface area contributed by atoms with Crippen molar-refractivity contribution in [2.24, 2.45) is 5.10 Å². The van der Waals surface area contributed by atoms with Crippen molar-refractivity contribution in [2.75, 3.05) is 5.43 Å². The van der Waals surface area contributed by atoms with Crippen molar-refractivity contribution in [2.45, 2.75) is 0 Å². The van der Waals surface area contributed by atoms with E-state index in [1.807, 2.05) is 23.6 Å². The lowest BCUT2D eigenvalue weighted by atomic mass is 10.2. The molecule has 7 nitrogen and oxygen atoms in total. The molecule has 0 atom stereocenters. The normalized spacial score (nSPS) is 10.9. The minimum absolute atomic E-state index is 0.0214. The van der Waals surface area contributed by atoms with E-state index in [0.29, 0.717) is 16.3 Å². The number of benzene rings is 2. The number of aromatic nitrogens is 2. The first kappa shape index (κ1) is 20.5.